The van der Waals surface area contributed by atoms with Crippen LogP contribution in [0.5, 0.6) is 11.5 Å². The number of hydrogen-bond acceptors (Lipinski definition) is 5. The number of thiazole rings is 1. The first-order chi connectivity index (χ1) is 14.1. The monoisotopic (exact) mass is 404 g/mol. The summed E-state index contributed by atoms with van der Waals surface area (Å²) in [6.45, 7) is 1.99. The van der Waals surface area contributed by atoms with Gasteiger partial charge in [-0.25, -0.2) is 4.98 Å². The molecule has 29 heavy (non-hydrogen) atoms. The van der Waals surface area contributed by atoms with E-state index in [1.54, 1.807) is 43.8 Å². The van der Waals surface area contributed by atoms with Crippen LogP contribution in [0.25, 0.3) is 20.8 Å². The Morgan fingerprint density at radius 2 is 1.69 bits per heavy atom. The zero-order valence-corrected chi connectivity index (χ0v) is 17.2. The maximum atomic E-state index is 12.9. The molecule has 0 fully saturated rings. The third-order valence-corrected chi connectivity index (χ3v) is 5.79. The van der Waals surface area contributed by atoms with Crippen LogP contribution in [0, 0.1) is 6.92 Å². The summed E-state index contributed by atoms with van der Waals surface area (Å²) in [5.74, 6) is 0.899. The summed E-state index contributed by atoms with van der Waals surface area (Å²) < 4.78 is 11.7. The summed E-state index contributed by atoms with van der Waals surface area (Å²) in [5, 5.41) is 3.93. The number of aromatic nitrogens is 1. The summed E-state index contributed by atoms with van der Waals surface area (Å²) in [4.78, 5) is 17.6. The smallest absolute Gasteiger partial charge is 0.255 e. The fourth-order valence-electron chi connectivity index (χ4n) is 3.12. The number of benzene rings is 3. The van der Waals surface area contributed by atoms with Crippen LogP contribution in [-0.2, 0) is 0 Å². The Morgan fingerprint density at radius 3 is 2.38 bits per heavy atom. The standard InChI is InChI=1S/C23H20N2O3S/c1-14-18(23-25-20-8-4-5-10-21(20)29-23)7-6-9-19(14)24-22(26)15-11-16(27-2)13-17(12-15)28-3/h4-13H,1-3H3,(H,24,26). The number of anilines is 1. The molecule has 4 rings (SSSR count). The van der Waals surface area contributed by atoms with E-state index in [-0.39, 0.29) is 5.91 Å². The van der Waals surface area contributed by atoms with E-state index in [4.69, 9.17) is 14.5 Å². The lowest BCUT2D eigenvalue weighted by molar-refractivity contribution is 0.102. The Morgan fingerprint density at radius 1 is 0.966 bits per heavy atom. The van der Waals surface area contributed by atoms with E-state index in [0.717, 1.165) is 32.0 Å². The van der Waals surface area contributed by atoms with Crippen molar-refractivity contribution < 1.29 is 14.3 Å². The predicted molar refractivity (Wildman–Crippen MR) is 117 cm³/mol. The van der Waals surface area contributed by atoms with Crippen LogP contribution >= 0.6 is 11.3 Å². The largest absolute Gasteiger partial charge is 0.497 e. The van der Waals surface area contributed by atoms with E-state index in [1.807, 2.05) is 43.3 Å². The molecule has 0 radical (unpaired) electrons. The van der Waals surface area contributed by atoms with E-state index in [0.29, 0.717) is 17.1 Å². The third-order valence-electron chi connectivity index (χ3n) is 4.72. The average Bonchev–Trinajstić information content (AvgIpc) is 3.18. The van der Waals surface area contributed by atoms with Crippen LogP contribution in [0.2, 0.25) is 0 Å². The molecule has 0 saturated carbocycles. The first-order valence-corrected chi connectivity index (χ1v) is 9.90. The van der Waals surface area contributed by atoms with Crippen molar-refractivity contribution in [3.05, 3.63) is 71.8 Å². The molecular formula is C23H20N2O3S. The molecule has 0 aliphatic carbocycles. The van der Waals surface area contributed by atoms with Gasteiger partial charge in [0.2, 0.25) is 0 Å². The summed E-state index contributed by atoms with van der Waals surface area (Å²) in [6, 6.07) is 19.0. The molecule has 5 nitrogen and oxygen atoms in total. The van der Waals surface area contributed by atoms with Gasteiger partial charge >= 0.3 is 0 Å². The number of fused-ring (bicyclic) bond motifs is 1. The zero-order chi connectivity index (χ0) is 20.4. The Bertz CT molecular complexity index is 1140. The molecule has 0 aliphatic rings. The fourth-order valence-corrected chi connectivity index (χ4v) is 4.17. The highest BCUT2D eigenvalue weighted by atomic mass is 32.1. The molecule has 0 aliphatic heterocycles. The van der Waals surface area contributed by atoms with Gasteiger partial charge in [-0.15, -0.1) is 11.3 Å². The molecule has 146 valence electrons. The number of hydrogen-bond donors (Lipinski definition) is 1. The van der Waals surface area contributed by atoms with Crippen molar-refractivity contribution in [3.63, 3.8) is 0 Å². The Hall–Kier alpha value is -3.38. The first-order valence-electron chi connectivity index (χ1n) is 9.09. The van der Waals surface area contributed by atoms with Gasteiger partial charge in [-0.1, -0.05) is 24.3 Å². The Kier molecular flexibility index (Phi) is 5.18. The SMILES string of the molecule is COc1cc(OC)cc(C(=O)Nc2cccc(-c3nc4ccccc4s3)c2C)c1. The second kappa shape index (κ2) is 7.93. The molecule has 1 amide bonds. The number of rotatable bonds is 5. The topological polar surface area (TPSA) is 60.5 Å². The van der Waals surface area contributed by atoms with Gasteiger partial charge in [0.1, 0.15) is 16.5 Å². The van der Waals surface area contributed by atoms with Gasteiger partial charge in [-0.05, 0) is 42.8 Å². The molecular weight excluding hydrogens is 384 g/mol. The fraction of sp³-hybridized carbons (Fsp3) is 0.130. The normalized spacial score (nSPS) is 10.7. The molecule has 3 aromatic carbocycles. The second-order valence-corrected chi connectivity index (χ2v) is 7.55. The molecule has 1 heterocycles. The van der Waals surface area contributed by atoms with E-state index in [9.17, 15) is 4.79 Å². The minimum Gasteiger partial charge on any atom is -0.497 e. The van der Waals surface area contributed by atoms with Gasteiger partial charge < -0.3 is 14.8 Å². The van der Waals surface area contributed by atoms with E-state index >= 15 is 0 Å². The zero-order valence-electron chi connectivity index (χ0n) is 16.4. The van der Waals surface area contributed by atoms with Crippen molar-refractivity contribution in [1.82, 2.24) is 4.98 Å². The van der Waals surface area contributed by atoms with Crippen molar-refractivity contribution in [2.75, 3.05) is 19.5 Å². The van der Waals surface area contributed by atoms with Crippen molar-refractivity contribution >= 4 is 33.1 Å². The number of methoxy groups -OCH3 is 2. The van der Waals surface area contributed by atoms with Crippen LogP contribution < -0.4 is 14.8 Å². The first kappa shape index (κ1) is 19.0. The lowest BCUT2D eigenvalue weighted by Crippen LogP contribution is -2.13. The predicted octanol–water partition coefficient (Wildman–Crippen LogP) is 5.54. The summed E-state index contributed by atoms with van der Waals surface area (Å²) in [5.41, 5.74) is 4.16. The van der Waals surface area contributed by atoms with Crippen molar-refractivity contribution in [1.29, 1.82) is 0 Å². The van der Waals surface area contributed by atoms with Gasteiger partial charge in [0.25, 0.3) is 5.91 Å². The van der Waals surface area contributed by atoms with Crippen LogP contribution in [0.1, 0.15) is 15.9 Å². The van der Waals surface area contributed by atoms with Crippen LogP contribution in [0.4, 0.5) is 5.69 Å². The Balaban J connectivity index is 1.66. The molecule has 1 N–H and O–H groups in total. The number of carbonyl (C=O) groups excluding carboxylic acids is 1. The van der Waals surface area contributed by atoms with Gasteiger partial charge in [0.15, 0.2) is 0 Å². The highest BCUT2D eigenvalue weighted by molar-refractivity contribution is 7.21. The molecule has 4 aromatic rings. The van der Waals surface area contributed by atoms with Gasteiger partial charge in [-0.3, -0.25) is 4.79 Å². The van der Waals surface area contributed by atoms with Crippen molar-refractivity contribution in [3.8, 4) is 22.1 Å². The minimum absolute atomic E-state index is 0.230. The van der Waals surface area contributed by atoms with E-state index in [1.165, 1.54) is 0 Å². The quantitative estimate of drug-likeness (QED) is 0.474. The maximum absolute atomic E-state index is 12.9. The van der Waals surface area contributed by atoms with Crippen molar-refractivity contribution in [2.24, 2.45) is 0 Å². The number of carbonyl (C=O) groups is 1. The van der Waals surface area contributed by atoms with Gasteiger partial charge in [0.05, 0.1) is 24.4 Å². The number of para-hydroxylation sites is 1. The minimum atomic E-state index is -0.230. The number of nitrogens with zero attached hydrogens (tertiary/aromatic N) is 1. The molecule has 6 heteroatoms. The highest BCUT2D eigenvalue weighted by Crippen LogP contribution is 2.34. The average molecular weight is 404 g/mol. The number of amides is 1. The number of ether oxygens (including phenoxy) is 2. The molecule has 0 saturated heterocycles. The Labute approximate surface area is 172 Å². The van der Waals surface area contributed by atoms with E-state index < -0.39 is 0 Å². The van der Waals surface area contributed by atoms with Crippen LogP contribution in [0.15, 0.2) is 60.7 Å². The van der Waals surface area contributed by atoms with Gasteiger partial charge in [-0.2, -0.15) is 0 Å². The van der Waals surface area contributed by atoms with Crippen molar-refractivity contribution in [2.45, 2.75) is 6.92 Å². The summed E-state index contributed by atoms with van der Waals surface area (Å²) in [7, 11) is 3.12. The third kappa shape index (κ3) is 3.79. The highest BCUT2D eigenvalue weighted by Gasteiger charge is 2.15. The van der Waals surface area contributed by atoms with Crippen LogP contribution in [-0.4, -0.2) is 25.1 Å². The van der Waals surface area contributed by atoms with E-state index in [2.05, 4.69) is 11.4 Å². The molecule has 0 unspecified atom stereocenters. The number of nitrogens with one attached hydrogen (secondary N) is 1. The molecule has 0 spiro atoms. The summed E-state index contributed by atoms with van der Waals surface area (Å²) >= 11 is 1.64. The lowest BCUT2D eigenvalue weighted by Gasteiger charge is -2.12. The molecule has 0 bridgehead atoms. The maximum Gasteiger partial charge on any atom is 0.255 e. The molecule has 1 aromatic heterocycles. The van der Waals surface area contributed by atoms with Crippen LogP contribution in [0.3, 0.4) is 0 Å². The lowest BCUT2D eigenvalue weighted by atomic mass is 10.1. The molecule has 0 atom stereocenters. The van der Waals surface area contributed by atoms with Gasteiger partial charge in [0, 0.05) is 22.9 Å². The second-order valence-electron chi connectivity index (χ2n) is 6.52. The summed E-state index contributed by atoms with van der Waals surface area (Å²) in [6.07, 6.45) is 0.